The van der Waals surface area contributed by atoms with Gasteiger partial charge in [0.25, 0.3) is 5.89 Å². The first kappa shape index (κ1) is 12.0. The van der Waals surface area contributed by atoms with Gasteiger partial charge in [0.05, 0.1) is 16.8 Å². The minimum atomic E-state index is 0.362. The summed E-state index contributed by atoms with van der Waals surface area (Å²) in [6.45, 7) is 0. The third kappa shape index (κ3) is 2.23. The summed E-state index contributed by atoms with van der Waals surface area (Å²) in [5.74, 6) is 0.926. The second-order valence-corrected chi connectivity index (χ2v) is 5.23. The molecule has 4 aromatic rings. The minimum Gasteiger partial charge on any atom is -0.332 e. The summed E-state index contributed by atoms with van der Waals surface area (Å²) < 4.78 is 6.92. The van der Waals surface area contributed by atoms with E-state index in [9.17, 15) is 0 Å². The lowest BCUT2D eigenvalue weighted by atomic mass is 10.3. The summed E-state index contributed by atoms with van der Waals surface area (Å²) in [4.78, 5) is 5.31. The normalized spacial score (nSPS) is 10.9. The molecule has 0 aliphatic heterocycles. The number of rotatable bonds is 3. The van der Waals surface area contributed by atoms with Crippen molar-refractivity contribution in [3.63, 3.8) is 0 Å². The molecule has 102 valence electrons. The number of thiophene rings is 1. The molecule has 7 heteroatoms. The van der Waals surface area contributed by atoms with Gasteiger partial charge >= 0.3 is 0 Å². The van der Waals surface area contributed by atoms with Gasteiger partial charge in [0.2, 0.25) is 5.82 Å². The molecular formula is C14H9N5OS. The first-order chi connectivity index (χ1) is 10.4. The molecule has 3 aromatic heterocycles. The Hall–Kier alpha value is -2.80. The topological polar surface area (TPSA) is 69.6 Å². The van der Waals surface area contributed by atoms with Crippen molar-refractivity contribution >= 4 is 11.3 Å². The molecule has 0 unspecified atom stereocenters. The lowest BCUT2D eigenvalue weighted by Gasteiger charge is -1.96. The van der Waals surface area contributed by atoms with Crippen molar-refractivity contribution in [1.82, 2.24) is 25.1 Å². The molecule has 0 spiro atoms. The molecule has 0 aliphatic carbocycles. The van der Waals surface area contributed by atoms with Gasteiger partial charge in [-0.25, -0.2) is 4.68 Å². The summed E-state index contributed by atoms with van der Waals surface area (Å²) in [5, 5.41) is 14.1. The molecular weight excluding hydrogens is 286 g/mol. The van der Waals surface area contributed by atoms with Crippen molar-refractivity contribution in [2.24, 2.45) is 0 Å². The van der Waals surface area contributed by atoms with Crippen LogP contribution in [0.5, 0.6) is 0 Å². The second-order valence-electron chi connectivity index (χ2n) is 4.28. The smallest absolute Gasteiger partial charge is 0.280 e. The van der Waals surface area contributed by atoms with Crippen LogP contribution in [-0.4, -0.2) is 25.1 Å². The van der Waals surface area contributed by atoms with Gasteiger partial charge in [-0.05, 0) is 23.6 Å². The Balaban J connectivity index is 1.67. The minimum absolute atomic E-state index is 0.362. The monoisotopic (exact) mass is 295 g/mol. The zero-order valence-corrected chi connectivity index (χ0v) is 11.6. The third-order valence-corrected chi connectivity index (χ3v) is 3.77. The van der Waals surface area contributed by atoms with Gasteiger partial charge in [0, 0.05) is 0 Å². The Kier molecular flexibility index (Phi) is 2.82. The Morgan fingerprint density at radius 3 is 2.76 bits per heavy atom. The van der Waals surface area contributed by atoms with E-state index in [4.69, 9.17) is 4.52 Å². The van der Waals surface area contributed by atoms with Crippen LogP contribution in [0.2, 0.25) is 0 Å². The fourth-order valence-electron chi connectivity index (χ4n) is 1.90. The maximum Gasteiger partial charge on any atom is 0.280 e. The highest BCUT2D eigenvalue weighted by Crippen LogP contribution is 2.24. The Bertz CT molecular complexity index is 851. The Labute approximate surface area is 123 Å². The van der Waals surface area contributed by atoms with E-state index in [1.807, 2.05) is 47.8 Å². The molecule has 21 heavy (non-hydrogen) atoms. The third-order valence-electron chi connectivity index (χ3n) is 2.90. The number of nitrogens with zero attached hydrogens (tertiary/aromatic N) is 5. The molecule has 1 aromatic carbocycles. The molecule has 0 N–H and O–H groups in total. The van der Waals surface area contributed by atoms with Gasteiger partial charge < -0.3 is 4.52 Å². The number of hydrogen-bond acceptors (Lipinski definition) is 6. The summed E-state index contributed by atoms with van der Waals surface area (Å²) in [7, 11) is 0. The lowest BCUT2D eigenvalue weighted by Crippen LogP contribution is -1.93. The molecule has 0 saturated heterocycles. The highest BCUT2D eigenvalue weighted by molar-refractivity contribution is 7.13. The Morgan fingerprint density at radius 2 is 1.95 bits per heavy atom. The zero-order chi connectivity index (χ0) is 14.1. The summed E-state index contributed by atoms with van der Waals surface area (Å²) in [5.41, 5.74) is 1.48. The highest BCUT2D eigenvalue weighted by atomic mass is 32.1. The van der Waals surface area contributed by atoms with Gasteiger partial charge in [-0.1, -0.05) is 34.6 Å². The second kappa shape index (κ2) is 4.95. The van der Waals surface area contributed by atoms with E-state index in [2.05, 4.69) is 20.5 Å². The fraction of sp³-hybridized carbons (Fsp3) is 0. The van der Waals surface area contributed by atoms with Crippen molar-refractivity contribution in [2.45, 2.75) is 0 Å². The standard InChI is InChI=1S/C14H9N5OS/c1-2-5-10(6-3-1)19-9-11(16-18-19)14-15-13(17-20-14)12-7-4-8-21-12/h1-9H. The van der Waals surface area contributed by atoms with E-state index < -0.39 is 0 Å². The molecule has 0 aliphatic rings. The van der Waals surface area contributed by atoms with Gasteiger partial charge in [0.15, 0.2) is 5.69 Å². The van der Waals surface area contributed by atoms with Gasteiger partial charge in [-0.15, -0.1) is 16.4 Å². The molecule has 0 bridgehead atoms. The molecule has 3 heterocycles. The zero-order valence-electron chi connectivity index (χ0n) is 10.7. The van der Waals surface area contributed by atoms with Gasteiger partial charge in [-0.3, -0.25) is 0 Å². The van der Waals surface area contributed by atoms with E-state index in [0.29, 0.717) is 17.4 Å². The van der Waals surface area contributed by atoms with E-state index in [1.54, 1.807) is 22.2 Å². The average molecular weight is 295 g/mol. The van der Waals surface area contributed by atoms with Crippen LogP contribution in [-0.2, 0) is 0 Å². The van der Waals surface area contributed by atoms with E-state index in [0.717, 1.165) is 10.6 Å². The first-order valence-electron chi connectivity index (χ1n) is 6.26. The summed E-state index contributed by atoms with van der Waals surface area (Å²) >= 11 is 1.56. The van der Waals surface area contributed by atoms with E-state index in [-0.39, 0.29) is 0 Å². The van der Waals surface area contributed by atoms with Crippen LogP contribution in [0.1, 0.15) is 0 Å². The fourth-order valence-corrected chi connectivity index (χ4v) is 2.55. The molecule has 0 atom stereocenters. The molecule has 0 amide bonds. The largest absolute Gasteiger partial charge is 0.332 e. The van der Waals surface area contributed by atoms with Crippen molar-refractivity contribution in [2.75, 3.05) is 0 Å². The van der Waals surface area contributed by atoms with E-state index in [1.165, 1.54) is 0 Å². The van der Waals surface area contributed by atoms with Crippen LogP contribution in [0.25, 0.3) is 28.0 Å². The van der Waals surface area contributed by atoms with Crippen molar-refractivity contribution in [3.05, 3.63) is 54.0 Å². The number of hydrogen-bond donors (Lipinski definition) is 0. The molecule has 4 rings (SSSR count). The van der Waals surface area contributed by atoms with Gasteiger partial charge in [0.1, 0.15) is 0 Å². The highest BCUT2D eigenvalue weighted by Gasteiger charge is 2.14. The maximum absolute atomic E-state index is 5.25. The molecule has 0 radical (unpaired) electrons. The van der Waals surface area contributed by atoms with Crippen molar-refractivity contribution in [3.8, 4) is 28.0 Å². The number of benzene rings is 1. The van der Waals surface area contributed by atoms with Crippen molar-refractivity contribution in [1.29, 1.82) is 0 Å². The average Bonchev–Trinajstić information content (AvgIpc) is 3.27. The summed E-state index contributed by atoms with van der Waals surface area (Å²) in [6, 6.07) is 13.6. The van der Waals surface area contributed by atoms with Crippen LogP contribution in [0.3, 0.4) is 0 Å². The lowest BCUT2D eigenvalue weighted by molar-refractivity contribution is 0.431. The SMILES string of the molecule is c1ccc(-n2cc(-c3nc(-c4cccs4)no3)nn2)cc1. The van der Waals surface area contributed by atoms with Crippen molar-refractivity contribution < 1.29 is 4.52 Å². The first-order valence-corrected chi connectivity index (χ1v) is 7.14. The molecule has 6 nitrogen and oxygen atoms in total. The van der Waals surface area contributed by atoms with Crippen LogP contribution in [0, 0.1) is 0 Å². The summed E-state index contributed by atoms with van der Waals surface area (Å²) in [6.07, 6.45) is 1.76. The van der Waals surface area contributed by atoms with Crippen LogP contribution in [0.15, 0.2) is 58.6 Å². The predicted molar refractivity (Wildman–Crippen MR) is 78.0 cm³/mol. The van der Waals surface area contributed by atoms with Crippen LogP contribution < -0.4 is 0 Å². The quantitative estimate of drug-likeness (QED) is 0.581. The van der Waals surface area contributed by atoms with Crippen LogP contribution >= 0.6 is 11.3 Å². The predicted octanol–water partition coefficient (Wildman–Crippen LogP) is 3.05. The van der Waals surface area contributed by atoms with E-state index >= 15 is 0 Å². The Morgan fingerprint density at radius 1 is 1.05 bits per heavy atom. The van der Waals surface area contributed by atoms with Crippen LogP contribution in [0.4, 0.5) is 0 Å². The number of para-hydroxylation sites is 1. The molecule has 0 saturated carbocycles. The number of aromatic nitrogens is 5. The maximum atomic E-state index is 5.25. The van der Waals surface area contributed by atoms with Gasteiger partial charge in [-0.2, -0.15) is 4.98 Å². The molecule has 0 fully saturated rings.